The molecule has 1 aliphatic rings. The van der Waals surface area contributed by atoms with Crippen molar-refractivity contribution in [3.63, 3.8) is 0 Å². The van der Waals surface area contributed by atoms with Gasteiger partial charge in [-0.25, -0.2) is 4.79 Å². The summed E-state index contributed by atoms with van der Waals surface area (Å²) < 4.78 is 16.2. The Morgan fingerprint density at radius 3 is 2.37 bits per heavy atom. The summed E-state index contributed by atoms with van der Waals surface area (Å²) in [5, 5.41) is 5.76. The summed E-state index contributed by atoms with van der Waals surface area (Å²) in [7, 11) is 4.72. The number of hydrogen-bond acceptors (Lipinski definition) is 5. The second-order valence-corrected chi connectivity index (χ2v) is 6.93. The average molecular weight is 413 g/mol. The monoisotopic (exact) mass is 413 g/mol. The Labute approximate surface area is 176 Å². The van der Waals surface area contributed by atoms with Crippen LogP contribution in [0.2, 0.25) is 0 Å². The van der Waals surface area contributed by atoms with Crippen molar-refractivity contribution in [3.05, 3.63) is 47.5 Å². The van der Waals surface area contributed by atoms with Crippen molar-refractivity contribution in [2.24, 2.45) is 0 Å². The number of carbonyl (C=O) groups is 2. The molecule has 3 rings (SSSR count). The van der Waals surface area contributed by atoms with Crippen molar-refractivity contribution in [2.75, 3.05) is 39.7 Å². The molecule has 0 radical (unpaired) electrons. The molecule has 0 fully saturated rings. The van der Waals surface area contributed by atoms with Gasteiger partial charge in [-0.3, -0.25) is 4.79 Å². The van der Waals surface area contributed by atoms with E-state index in [1.54, 1.807) is 38.4 Å². The molecule has 30 heavy (non-hydrogen) atoms. The number of amides is 3. The number of urea groups is 1. The molecule has 1 unspecified atom stereocenters. The van der Waals surface area contributed by atoms with Gasteiger partial charge in [0, 0.05) is 20.0 Å². The third kappa shape index (κ3) is 4.42. The lowest BCUT2D eigenvalue weighted by molar-refractivity contribution is -0.119. The van der Waals surface area contributed by atoms with E-state index in [0.29, 0.717) is 35.9 Å². The molecule has 3 amide bonds. The Bertz CT molecular complexity index is 931. The van der Waals surface area contributed by atoms with Crippen LogP contribution < -0.4 is 24.8 Å². The molecule has 1 aliphatic heterocycles. The molecule has 0 bridgehead atoms. The second-order valence-electron chi connectivity index (χ2n) is 6.93. The van der Waals surface area contributed by atoms with Crippen molar-refractivity contribution >= 4 is 17.6 Å². The molecule has 0 aliphatic carbocycles. The summed E-state index contributed by atoms with van der Waals surface area (Å²) in [6, 6.07) is 10.4. The van der Waals surface area contributed by atoms with Crippen molar-refractivity contribution in [3.8, 4) is 17.2 Å². The van der Waals surface area contributed by atoms with Crippen LogP contribution in [0.1, 0.15) is 24.1 Å². The van der Waals surface area contributed by atoms with Gasteiger partial charge in [-0.1, -0.05) is 12.1 Å². The lowest BCUT2D eigenvalue weighted by atomic mass is 9.92. The number of nitrogens with zero attached hydrogens (tertiary/aromatic N) is 1. The van der Waals surface area contributed by atoms with E-state index in [0.717, 1.165) is 11.1 Å². The van der Waals surface area contributed by atoms with Crippen molar-refractivity contribution in [1.29, 1.82) is 0 Å². The maximum Gasteiger partial charge on any atom is 0.322 e. The smallest absolute Gasteiger partial charge is 0.322 e. The van der Waals surface area contributed by atoms with Crippen LogP contribution in [-0.4, -0.2) is 51.3 Å². The first-order chi connectivity index (χ1) is 14.5. The highest BCUT2D eigenvalue weighted by molar-refractivity contribution is 5.91. The zero-order chi connectivity index (χ0) is 21.7. The number of ether oxygens (including phenoxy) is 3. The molecular weight excluding hydrogens is 386 g/mol. The van der Waals surface area contributed by atoms with E-state index in [-0.39, 0.29) is 24.5 Å². The van der Waals surface area contributed by atoms with Gasteiger partial charge in [-0.15, -0.1) is 0 Å². The lowest BCUT2D eigenvalue weighted by Crippen LogP contribution is -2.46. The lowest BCUT2D eigenvalue weighted by Gasteiger charge is -2.37. The van der Waals surface area contributed by atoms with E-state index in [1.807, 2.05) is 24.3 Å². The molecule has 160 valence electrons. The molecule has 2 aromatic carbocycles. The number of benzene rings is 2. The maximum atomic E-state index is 13.2. The highest BCUT2D eigenvalue weighted by Gasteiger charge is 2.32. The molecule has 0 spiro atoms. The predicted molar refractivity (Wildman–Crippen MR) is 113 cm³/mol. The van der Waals surface area contributed by atoms with E-state index in [9.17, 15) is 9.59 Å². The molecular formula is C22H27N3O5. The fraction of sp³-hybridized carbons (Fsp3) is 0.364. The largest absolute Gasteiger partial charge is 0.495 e. The Balaban J connectivity index is 1.93. The normalized spacial score (nSPS) is 15.1. The van der Waals surface area contributed by atoms with E-state index in [1.165, 1.54) is 6.92 Å². The number of carbonyl (C=O) groups excluding carboxylic acids is 2. The predicted octanol–water partition coefficient (Wildman–Crippen LogP) is 2.98. The van der Waals surface area contributed by atoms with Crippen molar-refractivity contribution in [2.45, 2.75) is 19.4 Å². The summed E-state index contributed by atoms with van der Waals surface area (Å²) >= 11 is 0. The molecule has 0 saturated heterocycles. The van der Waals surface area contributed by atoms with Crippen LogP contribution in [0.25, 0.3) is 0 Å². The minimum Gasteiger partial charge on any atom is -0.495 e. The van der Waals surface area contributed by atoms with E-state index in [2.05, 4.69) is 10.6 Å². The van der Waals surface area contributed by atoms with Gasteiger partial charge in [0.15, 0.2) is 11.5 Å². The van der Waals surface area contributed by atoms with E-state index < -0.39 is 0 Å². The van der Waals surface area contributed by atoms with Gasteiger partial charge in [-0.2, -0.15) is 0 Å². The SMILES string of the molecule is COc1ccccc1NC(=O)N1CCc2cc(OC)c(OC)cc2C1CNC(C)=O. The van der Waals surface area contributed by atoms with Crippen LogP contribution in [0.15, 0.2) is 36.4 Å². The highest BCUT2D eigenvalue weighted by atomic mass is 16.5. The summed E-state index contributed by atoms with van der Waals surface area (Å²) in [5.41, 5.74) is 2.56. The summed E-state index contributed by atoms with van der Waals surface area (Å²) in [5.74, 6) is 1.64. The van der Waals surface area contributed by atoms with Crippen LogP contribution in [0.3, 0.4) is 0 Å². The first kappa shape index (κ1) is 21.3. The van der Waals surface area contributed by atoms with Gasteiger partial charge in [-0.05, 0) is 41.8 Å². The van der Waals surface area contributed by atoms with Crippen LogP contribution in [-0.2, 0) is 11.2 Å². The third-order valence-corrected chi connectivity index (χ3v) is 5.16. The minimum atomic E-state index is -0.354. The average Bonchev–Trinajstić information content (AvgIpc) is 2.76. The Morgan fingerprint density at radius 2 is 1.70 bits per heavy atom. The van der Waals surface area contributed by atoms with Crippen molar-refractivity contribution < 1.29 is 23.8 Å². The van der Waals surface area contributed by atoms with Crippen LogP contribution in [0.5, 0.6) is 17.2 Å². The number of fused-ring (bicyclic) bond motifs is 1. The highest BCUT2D eigenvalue weighted by Crippen LogP contribution is 2.38. The van der Waals surface area contributed by atoms with Gasteiger partial charge in [0.05, 0.1) is 33.1 Å². The molecule has 2 N–H and O–H groups in total. The number of methoxy groups -OCH3 is 3. The van der Waals surface area contributed by atoms with E-state index >= 15 is 0 Å². The number of hydrogen-bond donors (Lipinski definition) is 2. The third-order valence-electron chi connectivity index (χ3n) is 5.16. The first-order valence-electron chi connectivity index (χ1n) is 9.68. The number of nitrogens with one attached hydrogen (secondary N) is 2. The number of anilines is 1. The van der Waals surface area contributed by atoms with Crippen LogP contribution in [0.4, 0.5) is 10.5 Å². The Kier molecular flexibility index (Phi) is 6.66. The fourth-order valence-electron chi connectivity index (χ4n) is 3.67. The zero-order valence-corrected chi connectivity index (χ0v) is 17.7. The molecule has 0 saturated carbocycles. The van der Waals surface area contributed by atoms with Crippen molar-refractivity contribution in [1.82, 2.24) is 10.2 Å². The van der Waals surface area contributed by atoms with Gasteiger partial charge in [0.1, 0.15) is 5.75 Å². The zero-order valence-electron chi connectivity index (χ0n) is 17.7. The second kappa shape index (κ2) is 9.39. The van der Waals surface area contributed by atoms with Gasteiger partial charge in [0.2, 0.25) is 5.91 Å². The topological polar surface area (TPSA) is 89.1 Å². The summed E-state index contributed by atoms with van der Waals surface area (Å²) in [4.78, 5) is 26.5. The standard InChI is InChI=1S/C22H27N3O5/c1-14(26)23-13-18-16-12-21(30-4)20(29-3)11-15(16)9-10-25(18)22(27)24-17-7-5-6-8-19(17)28-2/h5-8,11-12,18H,9-10,13H2,1-4H3,(H,23,26)(H,24,27). The quantitative estimate of drug-likeness (QED) is 0.760. The Hall–Kier alpha value is -3.42. The number of para-hydroxylation sites is 2. The summed E-state index contributed by atoms with van der Waals surface area (Å²) in [6.07, 6.45) is 0.658. The van der Waals surface area contributed by atoms with Gasteiger partial charge < -0.3 is 29.7 Å². The number of rotatable bonds is 6. The molecule has 8 nitrogen and oxygen atoms in total. The molecule has 1 atom stereocenters. The Morgan fingerprint density at radius 1 is 1.03 bits per heavy atom. The fourth-order valence-corrected chi connectivity index (χ4v) is 3.67. The van der Waals surface area contributed by atoms with Gasteiger partial charge >= 0.3 is 6.03 Å². The van der Waals surface area contributed by atoms with E-state index in [4.69, 9.17) is 14.2 Å². The molecule has 2 aromatic rings. The van der Waals surface area contributed by atoms with Crippen LogP contribution >= 0.6 is 0 Å². The summed E-state index contributed by atoms with van der Waals surface area (Å²) in [6.45, 7) is 2.24. The maximum absolute atomic E-state index is 13.2. The molecule has 1 heterocycles. The first-order valence-corrected chi connectivity index (χ1v) is 9.68. The molecule has 0 aromatic heterocycles. The minimum absolute atomic E-state index is 0.160. The van der Waals surface area contributed by atoms with Gasteiger partial charge in [0.25, 0.3) is 0 Å². The van der Waals surface area contributed by atoms with Crippen LogP contribution in [0, 0.1) is 0 Å². The molecule has 8 heteroatoms.